The maximum Gasteiger partial charge on any atom is 0.265 e. The first kappa shape index (κ1) is 13.8. The maximum atomic E-state index is 12.7. The van der Waals surface area contributed by atoms with E-state index in [0.717, 1.165) is 4.31 Å². The Kier molecular flexibility index (Phi) is 3.30. The first-order valence-electron chi connectivity index (χ1n) is 6.02. The zero-order chi connectivity index (χ0) is 15.0. The minimum Gasteiger partial charge on any atom is -0.323 e. The van der Waals surface area contributed by atoms with Crippen LogP contribution in [0.25, 0.3) is 0 Å². The molecule has 0 bridgehead atoms. The number of hydrogen-bond acceptors (Lipinski definition) is 4. The fourth-order valence-electron chi connectivity index (χ4n) is 2.09. The Balaban J connectivity index is 2.14. The van der Waals surface area contributed by atoms with Crippen molar-refractivity contribution in [3.63, 3.8) is 0 Å². The molecule has 2 heterocycles. The van der Waals surface area contributed by atoms with E-state index < -0.39 is 15.9 Å². The number of nitrogens with one attached hydrogen (secondary N) is 1. The normalized spacial score (nSPS) is 14.5. The van der Waals surface area contributed by atoms with Crippen LogP contribution in [-0.4, -0.2) is 25.9 Å². The van der Waals surface area contributed by atoms with E-state index >= 15 is 0 Å². The number of hydrogen-bond donors (Lipinski definition) is 1. The highest BCUT2D eigenvalue weighted by atomic mass is 35.5. The average Bonchev–Trinajstić information content (AvgIpc) is 2.46. The monoisotopic (exact) mass is 323 g/mol. The van der Waals surface area contributed by atoms with Crippen molar-refractivity contribution in [1.82, 2.24) is 4.98 Å². The van der Waals surface area contributed by atoms with Gasteiger partial charge in [-0.05, 0) is 24.3 Å². The van der Waals surface area contributed by atoms with E-state index in [4.69, 9.17) is 11.6 Å². The van der Waals surface area contributed by atoms with Crippen LogP contribution in [0.1, 0.15) is 0 Å². The molecule has 108 valence electrons. The molecule has 1 N–H and O–H groups in total. The molecule has 0 unspecified atom stereocenters. The molecule has 1 aromatic carbocycles. The van der Waals surface area contributed by atoms with Crippen LogP contribution in [0.15, 0.2) is 47.5 Å². The van der Waals surface area contributed by atoms with Crippen LogP contribution in [0, 0.1) is 0 Å². The summed E-state index contributed by atoms with van der Waals surface area (Å²) in [5.41, 5.74) is 0.877. The Morgan fingerprint density at radius 1 is 1.24 bits per heavy atom. The van der Waals surface area contributed by atoms with Gasteiger partial charge in [-0.25, -0.2) is 13.4 Å². The van der Waals surface area contributed by atoms with Crippen molar-refractivity contribution < 1.29 is 13.2 Å². The van der Waals surface area contributed by atoms with Crippen LogP contribution in [0.4, 0.5) is 11.4 Å². The van der Waals surface area contributed by atoms with Crippen LogP contribution >= 0.6 is 11.6 Å². The predicted octanol–water partition coefficient (Wildman–Crippen LogP) is 1.88. The zero-order valence-corrected chi connectivity index (χ0v) is 12.2. The van der Waals surface area contributed by atoms with E-state index in [9.17, 15) is 13.2 Å². The number of rotatable bonds is 2. The summed E-state index contributed by atoms with van der Waals surface area (Å²) in [6, 6.07) is 9.31. The number of pyridine rings is 1. The predicted molar refractivity (Wildman–Crippen MR) is 78.9 cm³/mol. The number of sulfonamides is 1. The highest BCUT2D eigenvalue weighted by molar-refractivity contribution is 7.92. The van der Waals surface area contributed by atoms with Gasteiger partial charge in [-0.3, -0.25) is 9.10 Å². The molecule has 1 amide bonds. The number of carbonyl (C=O) groups excluding carboxylic acids is 1. The number of fused-ring (bicyclic) bond motifs is 1. The largest absolute Gasteiger partial charge is 0.323 e. The first-order valence-corrected chi connectivity index (χ1v) is 7.83. The van der Waals surface area contributed by atoms with Gasteiger partial charge in [0.1, 0.15) is 11.7 Å². The molecule has 0 radical (unpaired) electrons. The van der Waals surface area contributed by atoms with Gasteiger partial charge in [0.2, 0.25) is 5.91 Å². The van der Waals surface area contributed by atoms with Crippen LogP contribution in [0.5, 0.6) is 0 Å². The molecule has 0 atom stereocenters. The summed E-state index contributed by atoms with van der Waals surface area (Å²) in [6.07, 6.45) is 1.31. The number of carbonyl (C=O) groups is 1. The highest BCUT2D eigenvalue weighted by Crippen LogP contribution is 2.33. The van der Waals surface area contributed by atoms with Crippen LogP contribution in [0.2, 0.25) is 5.15 Å². The van der Waals surface area contributed by atoms with E-state index in [1.807, 2.05) is 0 Å². The van der Waals surface area contributed by atoms with Crippen molar-refractivity contribution in [1.29, 1.82) is 0 Å². The van der Waals surface area contributed by atoms with Gasteiger partial charge in [0.05, 0.1) is 16.3 Å². The lowest BCUT2D eigenvalue weighted by Crippen LogP contribution is -2.42. The van der Waals surface area contributed by atoms with Gasteiger partial charge in [-0.1, -0.05) is 23.7 Å². The molecule has 0 saturated heterocycles. The molecule has 0 saturated carbocycles. The Labute approximate surface area is 126 Å². The number of amides is 1. The van der Waals surface area contributed by atoms with Crippen LogP contribution in [0.3, 0.4) is 0 Å². The molecule has 8 heteroatoms. The highest BCUT2D eigenvalue weighted by Gasteiger charge is 2.32. The van der Waals surface area contributed by atoms with Crippen molar-refractivity contribution in [3.05, 3.63) is 47.7 Å². The van der Waals surface area contributed by atoms with E-state index in [2.05, 4.69) is 10.3 Å². The molecular formula is C13H10ClN3O3S. The number of anilines is 2. The fraction of sp³-hybridized carbons (Fsp3) is 0.0769. The maximum absolute atomic E-state index is 12.7. The van der Waals surface area contributed by atoms with Crippen molar-refractivity contribution in [2.45, 2.75) is 4.90 Å². The van der Waals surface area contributed by atoms with Crippen molar-refractivity contribution in [2.75, 3.05) is 16.2 Å². The third kappa shape index (κ3) is 2.45. The molecule has 1 aliphatic heterocycles. The van der Waals surface area contributed by atoms with Gasteiger partial charge in [-0.15, -0.1) is 0 Å². The Morgan fingerprint density at radius 3 is 2.76 bits per heavy atom. The van der Waals surface area contributed by atoms with E-state index in [0.29, 0.717) is 11.4 Å². The lowest BCUT2D eigenvalue weighted by molar-refractivity contribution is -0.115. The van der Waals surface area contributed by atoms with E-state index in [-0.39, 0.29) is 16.6 Å². The third-order valence-corrected chi connectivity index (χ3v) is 4.98. The molecule has 1 aromatic heterocycles. The Bertz CT molecular complexity index is 823. The second-order valence-corrected chi connectivity index (χ2v) is 6.64. The summed E-state index contributed by atoms with van der Waals surface area (Å²) in [5.74, 6) is -0.391. The van der Waals surface area contributed by atoms with Gasteiger partial charge in [0, 0.05) is 6.20 Å². The Hall–Kier alpha value is -2.12. The van der Waals surface area contributed by atoms with E-state index in [1.54, 1.807) is 24.3 Å². The molecule has 1 aliphatic rings. The SMILES string of the molecule is O=C1CN(S(=O)(=O)c2ccnc(Cl)c2)c2ccccc2N1. The van der Waals surface area contributed by atoms with Gasteiger partial charge >= 0.3 is 0 Å². The van der Waals surface area contributed by atoms with Crippen LogP contribution < -0.4 is 9.62 Å². The quantitative estimate of drug-likeness (QED) is 0.856. The first-order chi connectivity index (χ1) is 9.98. The molecule has 0 spiro atoms. The molecule has 0 fully saturated rings. The molecular weight excluding hydrogens is 314 g/mol. The molecule has 21 heavy (non-hydrogen) atoms. The lowest BCUT2D eigenvalue weighted by Gasteiger charge is -2.30. The second-order valence-electron chi connectivity index (χ2n) is 4.39. The van der Waals surface area contributed by atoms with E-state index in [1.165, 1.54) is 18.3 Å². The van der Waals surface area contributed by atoms with Crippen LogP contribution in [-0.2, 0) is 14.8 Å². The third-order valence-electron chi connectivity index (χ3n) is 3.02. The number of benzene rings is 1. The summed E-state index contributed by atoms with van der Waals surface area (Å²) in [5, 5.41) is 2.72. The summed E-state index contributed by atoms with van der Waals surface area (Å²) < 4.78 is 26.5. The summed E-state index contributed by atoms with van der Waals surface area (Å²) in [4.78, 5) is 15.5. The number of halogens is 1. The number of aromatic nitrogens is 1. The topological polar surface area (TPSA) is 79.4 Å². The lowest BCUT2D eigenvalue weighted by atomic mass is 10.2. The van der Waals surface area contributed by atoms with Crippen molar-refractivity contribution in [3.8, 4) is 0 Å². The van der Waals surface area contributed by atoms with Gasteiger partial charge in [-0.2, -0.15) is 0 Å². The second kappa shape index (κ2) is 5.01. The minimum absolute atomic E-state index is 0.00740. The molecule has 6 nitrogen and oxygen atoms in total. The molecule has 2 aromatic rings. The van der Waals surface area contributed by atoms with Crippen molar-refractivity contribution >= 4 is 38.9 Å². The number of para-hydroxylation sites is 2. The standard InChI is InChI=1S/C13H10ClN3O3S/c14-12-7-9(5-6-15-12)21(19,20)17-8-13(18)16-10-3-1-2-4-11(10)17/h1-7H,8H2,(H,16,18). The minimum atomic E-state index is -3.88. The average molecular weight is 324 g/mol. The zero-order valence-electron chi connectivity index (χ0n) is 10.7. The molecule has 3 rings (SSSR count). The van der Waals surface area contributed by atoms with Crippen molar-refractivity contribution in [2.24, 2.45) is 0 Å². The summed E-state index contributed by atoms with van der Waals surface area (Å²) in [6.45, 7) is -0.278. The Morgan fingerprint density at radius 2 is 2.00 bits per heavy atom. The van der Waals surface area contributed by atoms with Gasteiger partial charge < -0.3 is 5.32 Å². The smallest absolute Gasteiger partial charge is 0.265 e. The summed E-state index contributed by atoms with van der Waals surface area (Å²) >= 11 is 5.75. The number of nitrogens with zero attached hydrogens (tertiary/aromatic N) is 2. The van der Waals surface area contributed by atoms with Gasteiger partial charge in [0.15, 0.2) is 0 Å². The van der Waals surface area contributed by atoms with Gasteiger partial charge in [0.25, 0.3) is 10.0 Å². The summed E-state index contributed by atoms with van der Waals surface area (Å²) in [7, 11) is -3.88. The fourth-order valence-corrected chi connectivity index (χ4v) is 3.78. The molecule has 0 aliphatic carbocycles.